The van der Waals surface area contributed by atoms with Crippen molar-refractivity contribution in [1.29, 1.82) is 0 Å². The van der Waals surface area contributed by atoms with Gasteiger partial charge in [0.25, 0.3) is 5.56 Å². The van der Waals surface area contributed by atoms with Crippen molar-refractivity contribution in [1.82, 2.24) is 24.8 Å². The summed E-state index contributed by atoms with van der Waals surface area (Å²) in [5.41, 5.74) is 3.56. The van der Waals surface area contributed by atoms with Crippen LogP contribution in [0.4, 0.5) is 5.95 Å². The lowest BCUT2D eigenvalue weighted by Gasteiger charge is -2.36. The van der Waals surface area contributed by atoms with Gasteiger partial charge in [-0.15, -0.1) is 0 Å². The van der Waals surface area contributed by atoms with Crippen molar-refractivity contribution >= 4 is 46.9 Å². The summed E-state index contributed by atoms with van der Waals surface area (Å²) >= 11 is 0. The Labute approximate surface area is 207 Å². The van der Waals surface area contributed by atoms with Gasteiger partial charge in [0.15, 0.2) is 17.4 Å². The van der Waals surface area contributed by atoms with Crippen LogP contribution in [0.5, 0.6) is 0 Å². The number of aromatic amines is 1. The molecule has 2 bridgehead atoms. The van der Waals surface area contributed by atoms with E-state index in [1.165, 1.54) is 10.9 Å². The molecule has 2 aliphatic rings. The lowest BCUT2D eigenvalue weighted by atomic mass is 9.80. The first-order chi connectivity index (χ1) is 17.3. The zero-order valence-corrected chi connectivity index (χ0v) is 21.8. The van der Waals surface area contributed by atoms with Crippen LogP contribution < -0.4 is 16.6 Å². The number of hydrogen-bond acceptors (Lipinski definition) is 15. The van der Waals surface area contributed by atoms with E-state index in [1.54, 1.807) is 0 Å². The average molecular weight is 588 g/mol. The van der Waals surface area contributed by atoms with E-state index in [2.05, 4.69) is 37.9 Å². The van der Waals surface area contributed by atoms with E-state index < -0.39 is 59.4 Å². The number of nitrogen functional groups attached to an aromatic ring is 1. The van der Waals surface area contributed by atoms with Crippen LogP contribution in [0.1, 0.15) is 12.6 Å². The van der Waals surface area contributed by atoms with Crippen LogP contribution in [0.25, 0.3) is 11.2 Å². The third-order valence-electron chi connectivity index (χ3n) is 5.79. The van der Waals surface area contributed by atoms with Crippen LogP contribution in [0.3, 0.4) is 0 Å². The van der Waals surface area contributed by atoms with Gasteiger partial charge in [0.05, 0.1) is 24.9 Å². The number of ether oxygens (including phenoxy) is 1. The molecule has 6 unspecified atom stereocenters. The number of nitrogens with one attached hydrogen (secondary N) is 2. The van der Waals surface area contributed by atoms with Crippen molar-refractivity contribution in [3.63, 3.8) is 0 Å². The maximum Gasteiger partial charge on any atom is 0.490 e. The van der Waals surface area contributed by atoms with Crippen LogP contribution in [-0.2, 0) is 45.4 Å². The predicted molar refractivity (Wildman–Crippen MR) is 121 cm³/mol. The van der Waals surface area contributed by atoms with Gasteiger partial charge < -0.3 is 30.4 Å². The van der Waals surface area contributed by atoms with E-state index in [9.17, 15) is 33.1 Å². The van der Waals surface area contributed by atoms with E-state index >= 15 is 0 Å². The number of nitrogens with zero attached hydrogens (tertiary/aromatic N) is 3. The van der Waals surface area contributed by atoms with Crippen molar-refractivity contribution in [2.45, 2.75) is 24.3 Å². The van der Waals surface area contributed by atoms with Gasteiger partial charge in [0.2, 0.25) is 5.95 Å². The van der Waals surface area contributed by atoms with Gasteiger partial charge in [0, 0.05) is 14.2 Å². The highest BCUT2D eigenvalue weighted by molar-refractivity contribution is 7.67. The Morgan fingerprint density at radius 2 is 1.97 bits per heavy atom. The molecule has 0 amide bonds. The Kier molecular flexibility index (Phi) is 7.64. The van der Waals surface area contributed by atoms with Crippen molar-refractivity contribution in [3.8, 4) is 0 Å². The highest BCUT2D eigenvalue weighted by atomic mass is 31.3. The number of aromatic nitrogens is 4. The second-order valence-corrected chi connectivity index (χ2v) is 13.0. The maximum absolute atomic E-state index is 12.5. The zero-order valence-electron chi connectivity index (χ0n) is 19.2. The molecular weight excluding hydrogens is 565 g/mol. The smallest absolute Gasteiger partial charge is 0.369 e. The third kappa shape index (κ3) is 5.49. The number of H-pyrrole nitrogens is 1. The Hall–Kier alpha value is -1.85. The normalized spacial score (nSPS) is 29.1. The van der Waals surface area contributed by atoms with Gasteiger partial charge >= 0.3 is 23.5 Å². The molecule has 19 nitrogen and oxygen atoms in total. The Bertz CT molecular complexity index is 1390. The molecule has 6 atom stereocenters. The number of nitrogens with two attached hydrogens (primary N) is 1. The number of phosphoric acid groups is 3. The van der Waals surface area contributed by atoms with Gasteiger partial charge in [-0.05, 0) is 13.0 Å². The summed E-state index contributed by atoms with van der Waals surface area (Å²) in [6.07, 6.45) is 0.937. The molecule has 2 saturated heterocycles. The first-order valence-electron chi connectivity index (χ1n) is 10.3. The molecule has 2 aromatic heterocycles. The van der Waals surface area contributed by atoms with Gasteiger partial charge in [-0.25, -0.2) is 18.7 Å². The quantitative estimate of drug-likeness (QED) is 0.168. The van der Waals surface area contributed by atoms with Gasteiger partial charge in [-0.3, -0.25) is 27.9 Å². The summed E-state index contributed by atoms with van der Waals surface area (Å²) < 4.78 is 65.9. The van der Waals surface area contributed by atoms with Crippen LogP contribution in [-0.4, -0.2) is 74.6 Å². The van der Waals surface area contributed by atoms with E-state index in [1.807, 2.05) is 0 Å². The van der Waals surface area contributed by atoms with E-state index in [0.717, 1.165) is 14.2 Å². The molecule has 206 valence electrons. The predicted octanol–water partition coefficient (Wildman–Crippen LogP) is -0.202. The number of phosphoric ester groups is 2. The molecule has 6 N–H and O–H groups in total. The minimum absolute atomic E-state index is 0.0384. The average Bonchev–Trinajstić information content (AvgIpc) is 3.30. The lowest BCUT2D eigenvalue weighted by Crippen LogP contribution is -2.53. The number of anilines is 1. The van der Waals surface area contributed by atoms with Crippen LogP contribution in [0.2, 0.25) is 0 Å². The molecule has 0 radical (unpaired) electrons. The summed E-state index contributed by atoms with van der Waals surface area (Å²) in [5.74, 6) is -1.14. The van der Waals surface area contributed by atoms with Crippen LogP contribution in [0.15, 0.2) is 11.1 Å². The lowest BCUT2D eigenvalue weighted by molar-refractivity contribution is -0.129. The number of carbonyl (C=O) groups is 1. The van der Waals surface area contributed by atoms with Gasteiger partial charge in [0.1, 0.15) is 11.9 Å². The van der Waals surface area contributed by atoms with Crippen LogP contribution in [0, 0.1) is 5.92 Å². The molecule has 0 aliphatic carbocycles. The minimum Gasteiger partial charge on any atom is -0.369 e. The fraction of sp³-hybridized carbons (Fsp3) is 0.600. The number of hydrogen-bond donors (Lipinski definition) is 5. The fourth-order valence-electron chi connectivity index (χ4n) is 4.20. The van der Waals surface area contributed by atoms with Crippen molar-refractivity contribution in [2.75, 3.05) is 33.1 Å². The summed E-state index contributed by atoms with van der Waals surface area (Å²) in [4.78, 5) is 54.4. The number of carbonyl (C=O) groups excluding carboxylic acids is 1. The molecule has 2 aromatic rings. The molecule has 37 heavy (non-hydrogen) atoms. The number of rotatable bonds is 11. The molecule has 4 heterocycles. The highest BCUT2D eigenvalue weighted by Gasteiger charge is 2.59. The topological polar surface area (TPSA) is 266 Å². The standard InChI is InChI=1S/C15H23N6O13P3/c1-29-37(28,30-2)34-36(26,27)33-35(24,25)31-6-15-3-4-17-9(8(15)5-22)13(32-15)21-7-18-10-11(21)19-14(16)20-12(10)23/h5,7-9,13,17H,3-4,6H2,1-2H3,(H,24,25)(H,26,27)(H3,16,19,20,23). The second kappa shape index (κ2) is 10.0. The monoisotopic (exact) mass is 588 g/mol. The van der Waals surface area contributed by atoms with E-state index in [4.69, 9.17) is 15.0 Å². The molecule has 2 fully saturated rings. The van der Waals surface area contributed by atoms with E-state index in [-0.39, 0.29) is 30.1 Å². The molecule has 0 spiro atoms. The number of piperidine rings is 1. The summed E-state index contributed by atoms with van der Waals surface area (Å²) in [6.45, 7) is -0.478. The van der Waals surface area contributed by atoms with Crippen molar-refractivity contribution < 1.29 is 55.2 Å². The number of aldehydes is 1. The maximum atomic E-state index is 12.5. The van der Waals surface area contributed by atoms with Crippen molar-refractivity contribution in [2.24, 2.45) is 5.92 Å². The van der Waals surface area contributed by atoms with Crippen LogP contribution >= 0.6 is 23.5 Å². The molecule has 0 saturated carbocycles. The molecule has 2 aliphatic heterocycles. The second-order valence-electron chi connectivity index (χ2n) is 7.93. The Balaban J connectivity index is 1.57. The largest absolute Gasteiger partial charge is 0.490 e. The Morgan fingerprint density at radius 1 is 1.27 bits per heavy atom. The summed E-state index contributed by atoms with van der Waals surface area (Å²) in [7, 11) is -13.8. The summed E-state index contributed by atoms with van der Waals surface area (Å²) in [6, 6.07) is -0.713. The SMILES string of the molecule is COP(=O)(OC)OP(=O)(O)OP(=O)(O)OCC12CCNC(C(n3cnc4c(=O)[nH]c(N)nc43)O1)C2C=O. The van der Waals surface area contributed by atoms with Gasteiger partial charge in [-0.2, -0.15) is 13.6 Å². The highest BCUT2D eigenvalue weighted by Crippen LogP contribution is 2.69. The third-order valence-corrected chi connectivity index (χ3v) is 10.4. The number of imidazole rings is 1. The zero-order chi connectivity index (χ0) is 27.2. The fourth-order valence-corrected chi connectivity index (χ4v) is 7.89. The van der Waals surface area contributed by atoms with E-state index in [0.29, 0.717) is 6.29 Å². The molecule has 22 heteroatoms. The first kappa shape index (κ1) is 28.2. The first-order valence-corrected chi connectivity index (χ1v) is 14.8. The Morgan fingerprint density at radius 3 is 2.62 bits per heavy atom. The summed E-state index contributed by atoms with van der Waals surface area (Å²) in [5, 5.41) is 3.11. The molecular formula is C15H23N6O13P3. The minimum atomic E-state index is -5.51. The van der Waals surface area contributed by atoms with Crippen molar-refractivity contribution in [3.05, 3.63) is 16.7 Å². The molecule has 0 aromatic carbocycles. The number of fused-ring (bicyclic) bond motifs is 3. The van der Waals surface area contributed by atoms with Gasteiger partial charge in [-0.1, -0.05) is 0 Å². The molecule has 4 rings (SSSR count).